The first kappa shape index (κ1) is 21.5. The number of halogens is 1. The highest BCUT2D eigenvalue weighted by atomic mass is 32.1. The Hall–Kier alpha value is -1.82. The van der Waals surface area contributed by atoms with Gasteiger partial charge in [0.05, 0.1) is 0 Å². The molecule has 0 aliphatic carbocycles. The lowest BCUT2D eigenvalue weighted by Crippen LogP contribution is -2.08. The maximum atomic E-state index is 14.3. The Labute approximate surface area is 165 Å². The largest absolute Gasteiger partial charge is 0.423 e. The number of ether oxygens (including phenoxy) is 1. The first-order valence-electron chi connectivity index (χ1n) is 9.97. The number of esters is 1. The van der Waals surface area contributed by atoms with Crippen molar-refractivity contribution in [1.29, 1.82) is 0 Å². The maximum absolute atomic E-state index is 14.3. The van der Waals surface area contributed by atoms with Gasteiger partial charge in [-0.3, -0.25) is 4.79 Å². The third-order valence-electron chi connectivity index (χ3n) is 4.35. The van der Waals surface area contributed by atoms with Gasteiger partial charge in [-0.2, -0.15) is 0 Å². The number of carbonyl (C=O) groups is 1. The normalized spacial score (nSPS) is 10.9. The summed E-state index contributed by atoms with van der Waals surface area (Å²) in [6.45, 7) is 4.30. The summed E-state index contributed by atoms with van der Waals surface area (Å²) in [4.78, 5) is 11.8. The van der Waals surface area contributed by atoms with E-state index in [9.17, 15) is 9.18 Å². The summed E-state index contributed by atoms with van der Waals surface area (Å²) in [5.74, 6) is -0.958. The van der Waals surface area contributed by atoms with Crippen molar-refractivity contribution in [2.75, 3.05) is 0 Å². The van der Waals surface area contributed by atoms with Crippen LogP contribution in [0.1, 0.15) is 76.6 Å². The first-order valence-corrected chi connectivity index (χ1v) is 10.8. The molecule has 0 aliphatic rings. The summed E-state index contributed by atoms with van der Waals surface area (Å²) in [7, 11) is 0. The maximum Gasteiger partial charge on any atom is 0.311 e. The van der Waals surface area contributed by atoms with Gasteiger partial charge in [0.15, 0.2) is 11.6 Å². The average Bonchev–Trinajstić information content (AvgIpc) is 3.13. The van der Waals surface area contributed by atoms with Crippen molar-refractivity contribution < 1.29 is 13.9 Å². The van der Waals surface area contributed by atoms with E-state index in [0.717, 1.165) is 43.5 Å². The van der Waals surface area contributed by atoms with Gasteiger partial charge in [0.25, 0.3) is 0 Å². The molecule has 6 heteroatoms. The van der Waals surface area contributed by atoms with Gasteiger partial charge in [-0.15, -0.1) is 10.2 Å². The number of aryl methyl sites for hydroxylation is 1. The summed E-state index contributed by atoms with van der Waals surface area (Å²) < 4.78 is 19.5. The third kappa shape index (κ3) is 7.37. The highest BCUT2D eigenvalue weighted by Crippen LogP contribution is 2.28. The van der Waals surface area contributed by atoms with Gasteiger partial charge in [-0.05, 0) is 31.0 Å². The zero-order chi connectivity index (χ0) is 19.5. The number of nitrogens with zero attached hydrogens (tertiary/aromatic N) is 2. The van der Waals surface area contributed by atoms with Gasteiger partial charge >= 0.3 is 5.97 Å². The predicted molar refractivity (Wildman–Crippen MR) is 108 cm³/mol. The molecule has 2 rings (SSSR count). The molecule has 0 N–H and O–H groups in total. The van der Waals surface area contributed by atoms with Crippen molar-refractivity contribution in [3.8, 4) is 16.3 Å². The molecule has 148 valence electrons. The molecule has 0 atom stereocenters. The minimum Gasteiger partial charge on any atom is -0.423 e. The van der Waals surface area contributed by atoms with Crippen LogP contribution in [0.5, 0.6) is 5.75 Å². The van der Waals surface area contributed by atoms with Crippen LogP contribution < -0.4 is 4.74 Å². The fraction of sp³-hybridized carbons (Fsp3) is 0.571. The lowest BCUT2D eigenvalue weighted by Gasteiger charge is -2.06. The molecule has 0 spiro atoms. The Bertz CT molecular complexity index is 718. The lowest BCUT2D eigenvalue weighted by atomic mass is 10.1. The molecular weight excluding hydrogens is 363 g/mol. The predicted octanol–water partition coefficient (Wildman–Crippen LogP) is 6.34. The van der Waals surface area contributed by atoms with E-state index in [-0.39, 0.29) is 11.7 Å². The van der Waals surface area contributed by atoms with Crippen LogP contribution in [-0.4, -0.2) is 16.2 Å². The molecule has 0 fully saturated rings. The second-order valence-electron chi connectivity index (χ2n) is 6.74. The van der Waals surface area contributed by atoms with Gasteiger partial charge in [0.1, 0.15) is 10.0 Å². The lowest BCUT2D eigenvalue weighted by molar-refractivity contribution is -0.134. The van der Waals surface area contributed by atoms with E-state index in [1.54, 1.807) is 6.07 Å². The van der Waals surface area contributed by atoms with Crippen LogP contribution in [-0.2, 0) is 11.2 Å². The van der Waals surface area contributed by atoms with Crippen molar-refractivity contribution in [3.63, 3.8) is 0 Å². The summed E-state index contributed by atoms with van der Waals surface area (Å²) in [5, 5.41) is 10.0. The van der Waals surface area contributed by atoms with Crippen LogP contribution in [0, 0.1) is 5.82 Å². The Morgan fingerprint density at radius 1 is 1.04 bits per heavy atom. The first-order chi connectivity index (χ1) is 13.1. The number of aromatic nitrogens is 2. The number of benzene rings is 1. The molecule has 1 aromatic carbocycles. The number of hydrogen-bond acceptors (Lipinski definition) is 5. The number of unbranched alkanes of at least 4 members (excludes halogenated alkanes) is 6. The van der Waals surface area contributed by atoms with Crippen LogP contribution in [0.3, 0.4) is 0 Å². The van der Waals surface area contributed by atoms with Crippen molar-refractivity contribution in [1.82, 2.24) is 10.2 Å². The summed E-state index contributed by atoms with van der Waals surface area (Å²) in [6.07, 6.45) is 9.93. The molecule has 0 saturated carbocycles. The molecule has 27 heavy (non-hydrogen) atoms. The third-order valence-corrected chi connectivity index (χ3v) is 5.38. The second-order valence-corrected chi connectivity index (χ2v) is 7.80. The van der Waals surface area contributed by atoms with Crippen molar-refractivity contribution in [3.05, 3.63) is 29.0 Å². The highest BCUT2D eigenvalue weighted by Gasteiger charge is 2.13. The van der Waals surface area contributed by atoms with Gasteiger partial charge < -0.3 is 4.74 Å². The molecule has 0 amide bonds. The average molecular weight is 393 g/mol. The van der Waals surface area contributed by atoms with E-state index in [1.165, 1.54) is 42.7 Å². The quantitative estimate of drug-likeness (QED) is 0.240. The standard InChI is InChI=1S/C21H29FN2O2S/c1-3-5-7-9-11-19-23-24-21(27-19)16-13-14-18(17(22)15-16)26-20(25)12-10-8-6-4-2/h13-15H,3-12H2,1-2H3. The van der Waals surface area contributed by atoms with Crippen molar-refractivity contribution in [2.24, 2.45) is 0 Å². The minimum atomic E-state index is -0.547. The van der Waals surface area contributed by atoms with E-state index in [0.29, 0.717) is 17.0 Å². The van der Waals surface area contributed by atoms with Gasteiger partial charge in [0, 0.05) is 18.4 Å². The van der Waals surface area contributed by atoms with E-state index in [2.05, 4.69) is 24.0 Å². The van der Waals surface area contributed by atoms with E-state index in [4.69, 9.17) is 4.74 Å². The molecule has 4 nitrogen and oxygen atoms in total. The molecular formula is C21H29FN2O2S. The molecule has 1 heterocycles. The number of rotatable bonds is 12. The SMILES string of the molecule is CCCCCCC(=O)Oc1ccc(-c2nnc(CCCCCC)s2)cc1F. The Balaban J connectivity index is 1.90. The van der Waals surface area contributed by atoms with Gasteiger partial charge in [0.2, 0.25) is 0 Å². The fourth-order valence-electron chi connectivity index (χ4n) is 2.76. The molecule has 0 radical (unpaired) electrons. The van der Waals surface area contributed by atoms with E-state index in [1.807, 2.05) is 0 Å². The van der Waals surface area contributed by atoms with Gasteiger partial charge in [-0.25, -0.2) is 4.39 Å². The van der Waals surface area contributed by atoms with Gasteiger partial charge in [-0.1, -0.05) is 63.7 Å². The topological polar surface area (TPSA) is 52.1 Å². The molecule has 1 aromatic heterocycles. The minimum absolute atomic E-state index is 0.0245. The molecule has 2 aromatic rings. The summed E-state index contributed by atoms with van der Waals surface area (Å²) >= 11 is 1.49. The smallest absolute Gasteiger partial charge is 0.311 e. The van der Waals surface area contributed by atoms with Crippen molar-refractivity contribution >= 4 is 17.3 Å². The van der Waals surface area contributed by atoms with Crippen LogP contribution in [0.15, 0.2) is 18.2 Å². The fourth-order valence-corrected chi connectivity index (χ4v) is 3.64. The molecule has 0 aliphatic heterocycles. The summed E-state index contributed by atoms with van der Waals surface area (Å²) in [6, 6.07) is 4.59. The zero-order valence-corrected chi connectivity index (χ0v) is 17.1. The summed E-state index contributed by atoms with van der Waals surface area (Å²) in [5.41, 5.74) is 0.660. The van der Waals surface area contributed by atoms with Crippen LogP contribution in [0.25, 0.3) is 10.6 Å². The van der Waals surface area contributed by atoms with E-state index >= 15 is 0 Å². The van der Waals surface area contributed by atoms with Crippen LogP contribution >= 0.6 is 11.3 Å². The van der Waals surface area contributed by atoms with E-state index < -0.39 is 5.82 Å². The highest BCUT2D eigenvalue weighted by molar-refractivity contribution is 7.14. The second kappa shape index (κ2) is 11.8. The monoisotopic (exact) mass is 392 g/mol. The van der Waals surface area contributed by atoms with Crippen molar-refractivity contribution in [2.45, 2.75) is 78.1 Å². The molecule has 0 bridgehead atoms. The Morgan fingerprint density at radius 2 is 1.78 bits per heavy atom. The Morgan fingerprint density at radius 3 is 2.48 bits per heavy atom. The van der Waals surface area contributed by atoms with Crippen LogP contribution in [0.2, 0.25) is 0 Å². The number of hydrogen-bond donors (Lipinski definition) is 0. The Kier molecular flexibility index (Phi) is 9.39. The number of carbonyl (C=O) groups excluding carboxylic acids is 1. The molecule has 0 unspecified atom stereocenters. The molecule has 0 saturated heterocycles. The van der Waals surface area contributed by atoms with Crippen LogP contribution in [0.4, 0.5) is 4.39 Å². The zero-order valence-electron chi connectivity index (χ0n) is 16.3.